The van der Waals surface area contributed by atoms with Gasteiger partial charge in [-0.1, -0.05) is 36.4 Å². The molecule has 0 aromatic heterocycles. The molecule has 1 N–H and O–H groups in total. The molecule has 0 saturated carbocycles. The van der Waals surface area contributed by atoms with Crippen LogP contribution in [-0.4, -0.2) is 5.11 Å². The fraction of sp³-hybridized carbons (Fsp3) is 0.263. The molecule has 2 nitrogen and oxygen atoms in total. The second-order valence-corrected chi connectivity index (χ2v) is 5.49. The van der Waals surface area contributed by atoms with Crippen molar-refractivity contribution in [3.8, 4) is 11.5 Å². The van der Waals surface area contributed by atoms with Crippen molar-refractivity contribution in [2.45, 2.75) is 31.8 Å². The molecule has 1 aliphatic carbocycles. The minimum atomic E-state index is 0.257. The van der Waals surface area contributed by atoms with Crippen molar-refractivity contribution in [1.82, 2.24) is 0 Å². The van der Waals surface area contributed by atoms with Crippen molar-refractivity contribution in [2.75, 3.05) is 0 Å². The summed E-state index contributed by atoms with van der Waals surface area (Å²) in [5.41, 5.74) is 2.55. The number of ether oxygens (including phenoxy) is 1. The van der Waals surface area contributed by atoms with Crippen LogP contribution in [-0.2, 0) is 6.61 Å². The Labute approximate surface area is 125 Å². The molecular formula is C19H20O2. The fourth-order valence-electron chi connectivity index (χ4n) is 2.66. The summed E-state index contributed by atoms with van der Waals surface area (Å²) in [6.07, 6.45) is 8.36. The summed E-state index contributed by atoms with van der Waals surface area (Å²) in [6.45, 7) is 0.547. The maximum Gasteiger partial charge on any atom is 0.120 e. The highest BCUT2D eigenvalue weighted by Gasteiger charge is 2.10. The second kappa shape index (κ2) is 6.49. The lowest BCUT2D eigenvalue weighted by Crippen LogP contribution is -2.00. The molecule has 108 valence electrons. The first-order valence-corrected chi connectivity index (χ1v) is 7.48. The summed E-state index contributed by atoms with van der Waals surface area (Å²) >= 11 is 0. The first kappa shape index (κ1) is 13.7. The lowest BCUT2D eigenvalue weighted by Gasteiger charge is -2.17. The zero-order valence-corrected chi connectivity index (χ0v) is 12.0. The normalized spacial score (nSPS) is 17.6. The SMILES string of the molecule is Oc1ccc(OCc2ccc(C3C=CCCC3)cc2)cc1. The number of phenolic OH excluding ortho intramolecular Hbond substituents is 1. The van der Waals surface area contributed by atoms with E-state index in [4.69, 9.17) is 4.74 Å². The third-order valence-corrected chi connectivity index (χ3v) is 3.90. The average molecular weight is 280 g/mol. The van der Waals surface area contributed by atoms with Gasteiger partial charge in [-0.15, -0.1) is 0 Å². The Morgan fingerprint density at radius 3 is 2.43 bits per heavy atom. The summed E-state index contributed by atoms with van der Waals surface area (Å²) in [7, 11) is 0. The molecule has 21 heavy (non-hydrogen) atoms. The van der Waals surface area contributed by atoms with Crippen molar-refractivity contribution >= 4 is 0 Å². The highest BCUT2D eigenvalue weighted by atomic mass is 16.5. The molecule has 0 spiro atoms. The van der Waals surface area contributed by atoms with Crippen LogP contribution < -0.4 is 4.74 Å². The quantitative estimate of drug-likeness (QED) is 0.815. The summed E-state index contributed by atoms with van der Waals surface area (Å²) < 4.78 is 5.71. The maximum atomic E-state index is 9.24. The van der Waals surface area contributed by atoms with Gasteiger partial charge in [-0.2, -0.15) is 0 Å². The average Bonchev–Trinajstić information content (AvgIpc) is 2.56. The number of rotatable bonds is 4. The topological polar surface area (TPSA) is 29.5 Å². The molecule has 0 radical (unpaired) electrons. The molecule has 0 bridgehead atoms. The molecule has 0 aliphatic heterocycles. The Morgan fingerprint density at radius 2 is 1.76 bits per heavy atom. The van der Waals surface area contributed by atoms with E-state index >= 15 is 0 Å². The van der Waals surface area contributed by atoms with Crippen LogP contribution in [0.4, 0.5) is 0 Å². The van der Waals surface area contributed by atoms with Gasteiger partial charge in [-0.05, 0) is 54.7 Å². The van der Waals surface area contributed by atoms with Gasteiger partial charge in [0.15, 0.2) is 0 Å². The number of hydrogen-bond acceptors (Lipinski definition) is 2. The molecule has 1 atom stereocenters. The van der Waals surface area contributed by atoms with Gasteiger partial charge in [0.25, 0.3) is 0 Å². The van der Waals surface area contributed by atoms with Gasteiger partial charge < -0.3 is 9.84 Å². The van der Waals surface area contributed by atoms with E-state index in [1.54, 1.807) is 24.3 Å². The van der Waals surface area contributed by atoms with Crippen LogP contribution in [0.25, 0.3) is 0 Å². The summed E-state index contributed by atoms with van der Waals surface area (Å²) in [5.74, 6) is 1.60. The van der Waals surface area contributed by atoms with Gasteiger partial charge in [-0.3, -0.25) is 0 Å². The van der Waals surface area contributed by atoms with Crippen molar-refractivity contribution in [1.29, 1.82) is 0 Å². The number of phenols is 1. The highest BCUT2D eigenvalue weighted by molar-refractivity contribution is 5.31. The van der Waals surface area contributed by atoms with Crippen LogP contribution in [0.1, 0.15) is 36.3 Å². The van der Waals surface area contributed by atoms with E-state index in [2.05, 4.69) is 36.4 Å². The number of allylic oxidation sites excluding steroid dienone is 2. The third-order valence-electron chi connectivity index (χ3n) is 3.90. The van der Waals surface area contributed by atoms with Crippen LogP contribution in [0.15, 0.2) is 60.7 Å². The molecule has 0 heterocycles. The zero-order valence-electron chi connectivity index (χ0n) is 12.0. The van der Waals surface area contributed by atoms with Crippen molar-refractivity contribution < 1.29 is 9.84 Å². The third kappa shape index (κ3) is 3.66. The lowest BCUT2D eigenvalue weighted by molar-refractivity contribution is 0.305. The van der Waals surface area contributed by atoms with Gasteiger partial charge in [0, 0.05) is 5.92 Å². The van der Waals surface area contributed by atoms with E-state index in [1.165, 1.54) is 24.8 Å². The summed E-state index contributed by atoms with van der Waals surface area (Å²) in [4.78, 5) is 0. The molecule has 2 aromatic carbocycles. The predicted molar refractivity (Wildman–Crippen MR) is 84.6 cm³/mol. The first-order chi connectivity index (χ1) is 10.3. The van der Waals surface area contributed by atoms with Crippen LogP contribution in [0, 0.1) is 0 Å². The first-order valence-electron chi connectivity index (χ1n) is 7.48. The summed E-state index contributed by atoms with van der Waals surface area (Å²) in [6, 6.07) is 15.5. The number of aromatic hydroxyl groups is 1. The van der Waals surface area contributed by atoms with Crippen molar-refractivity contribution in [3.63, 3.8) is 0 Å². The Kier molecular flexibility index (Phi) is 4.25. The largest absolute Gasteiger partial charge is 0.508 e. The molecule has 2 aromatic rings. The Morgan fingerprint density at radius 1 is 1.00 bits per heavy atom. The molecule has 1 aliphatic rings. The maximum absolute atomic E-state index is 9.24. The number of hydrogen-bond donors (Lipinski definition) is 1. The van der Waals surface area contributed by atoms with Gasteiger partial charge in [0.05, 0.1) is 0 Å². The van der Waals surface area contributed by atoms with Crippen LogP contribution in [0.2, 0.25) is 0 Å². The van der Waals surface area contributed by atoms with Crippen molar-refractivity contribution in [2.24, 2.45) is 0 Å². The van der Waals surface area contributed by atoms with Crippen LogP contribution in [0.5, 0.6) is 11.5 Å². The van der Waals surface area contributed by atoms with E-state index in [-0.39, 0.29) is 5.75 Å². The van der Waals surface area contributed by atoms with E-state index in [9.17, 15) is 5.11 Å². The predicted octanol–water partition coefficient (Wildman–Crippen LogP) is 4.79. The molecule has 3 rings (SSSR count). The Hall–Kier alpha value is -2.22. The van der Waals surface area contributed by atoms with Gasteiger partial charge in [0.1, 0.15) is 18.1 Å². The summed E-state index contributed by atoms with van der Waals surface area (Å²) in [5, 5.41) is 9.24. The molecular weight excluding hydrogens is 260 g/mol. The van der Waals surface area contributed by atoms with Crippen molar-refractivity contribution in [3.05, 3.63) is 71.8 Å². The molecule has 0 saturated heterocycles. The molecule has 1 unspecified atom stereocenters. The lowest BCUT2D eigenvalue weighted by atomic mass is 9.89. The van der Waals surface area contributed by atoms with E-state index < -0.39 is 0 Å². The van der Waals surface area contributed by atoms with Gasteiger partial charge in [0.2, 0.25) is 0 Å². The highest BCUT2D eigenvalue weighted by Crippen LogP contribution is 2.27. The minimum Gasteiger partial charge on any atom is -0.508 e. The number of benzene rings is 2. The fourth-order valence-corrected chi connectivity index (χ4v) is 2.66. The van der Waals surface area contributed by atoms with E-state index in [1.807, 2.05) is 0 Å². The van der Waals surface area contributed by atoms with Gasteiger partial charge in [-0.25, -0.2) is 0 Å². The van der Waals surface area contributed by atoms with Gasteiger partial charge >= 0.3 is 0 Å². The molecule has 0 amide bonds. The van der Waals surface area contributed by atoms with Crippen LogP contribution in [0.3, 0.4) is 0 Å². The standard InChI is InChI=1S/C19H20O2/c20-18-10-12-19(13-11-18)21-14-15-6-8-17(9-7-15)16-4-2-1-3-5-16/h2,4,6-13,16,20H,1,3,5,14H2. The van der Waals surface area contributed by atoms with E-state index in [0.29, 0.717) is 12.5 Å². The monoisotopic (exact) mass is 280 g/mol. The molecule has 2 heteroatoms. The van der Waals surface area contributed by atoms with E-state index in [0.717, 1.165) is 11.3 Å². The Bertz CT molecular complexity index is 596. The minimum absolute atomic E-state index is 0.257. The molecule has 0 fully saturated rings. The van der Waals surface area contributed by atoms with Crippen LogP contribution >= 0.6 is 0 Å². The zero-order chi connectivity index (χ0) is 14.5. The Balaban J connectivity index is 1.60. The smallest absolute Gasteiger partial charge is 0.120 e. The second-order valence-electron chi connectivity index (χ2n) is 5.49.